The van der Waals surface area contributed by atoms with Gasteiger partial charge in [-0.1, -0.05) is 18.9 Å². The lowest BCUT2D eigenvalue weighted by molar-refractivity contribution is -0.124. The lowest BCUT2D eigenvalue weighted by atomic mass is 10.2. The molecule has 26 heavy (non-hydrogen) atoms. The van der Waals surface area contributed by atoms with E-state index in [-0.39, 0.29) is 16.5 Å². The van der Waals surface area contributed by atoms with E-state index < -0.39 is 28.5 Å². The molecule has 1 heterocycles. The molecule has 1 aromatic carbocycles. The summed E-state index contributed by atoms with van der Waals surface area (Å²) in [6, 6.07) is 5.72. The summed E-state index contributed by atoms with van der Waals surface area (Å²) in [5, 5.41) is 2.62. The van der Waals surface area contributed by atoms with Crippen LogP contribution in [0, 0.1) is 0 Å². The van der Waals surface area contributed by atoms with E-state index in [9.17, 15) is 18.0 Å². The molecule has 2 rings (SSSR count). The Morgan fingerprint density at radius 3 is 2.42 bits per heavy atom. The molecule has 0 aliphatic carbocycles. The fourth-order valence-corrected chi connectivity index (χ4v) is 4.36. The number of ether oxygens (including phenoxy) is 1. The van der Waals surface area contributed by atoms with Gasteiger partial charge in [0.2, 0.25) is 10.0 Å². The molecule has 8 heteroatoms. The number of rotatable bonds is 6. The van der Waals surface area contributed by atoms with Crippen LogP contribution in [0.25, 0.3) is 0 Å². The zero-order valence-corrected chi connectivity index (χ0v) is 16.0. The maximum absolute atomic E-state index is 12.8. The van der Waals surface area contributed by atoms with Crippen molar-refractivity contribution in [2.45, 2.75) is 50.5 Å². The first-order chi connectivity index (χ1) is 12.3. The number of esters is 1. The van der Waals surface area contributed by atoms with Gasteiger partial charge in [-0.25, -0.2) is 13.2 Å². The van der Waals surface area contributed by atoms with Gasteiger partial charge < -0.3 is 10.1 Å². The summed E-state index contributed by atoms with van der Waals surface area (Å²) in [6.07, 6.45) is 3.73. The van der Waals surface area contributed by atoms with Gasteiger partial charge in [-0.3, -0.25) is 4.79 Å². The van der Waals surface area contributed by atoms with E-state index in [1.54, 1.807) is 13.8 Å². The molecule has 0 unspecified atom stereocenters. The summed E-state index contributed by atoms with van der Waals surface area (Å²) in [7, 11) is -3.64. The van der Waals surface area contributed by atoms with E-state index in [1.165, 1.54) is 28.6 Å². The maximum atomic E-state index is 12.8. The van der Waals surface area contributed by atoms with Crippen LogP contribution in [0.3, 0.4) is 0 Å². The van der Waals surface area contributed by atoms with Crippen LogP contribution in [0.5, 0.6) is 0 Å². The molecule has 1 aliphatic heterocycles. The SMILES string of the molecule is CC(C)NC(=O)COC(=O)c1cccc(S(=O)(=O)N2CCCCCC2)c1. The first-order valence-corrected chi connectivity index (χ1v) is 10.3. The molecule has 1 saturated heterocycles. The third kappa shape index (κ3) is 5.54. The van der Waals surface area contributed by atoms with Crippen molar-refractivity contribution in [1.29, 1.82) is 0 Å². The lowest BCUT2D eigenvalue weighted by Gasteiger charge is -2.20. The van der Waals surface area contributed by atoms with Crippen LogP contribution in [0.15, 0.2) is 29.2 Å². The molecule has 1 fully saturated rings. The van der Waals surface area contributed by atoms with Crippen LogP contribution in [0.4, 0.5) is 0 Å². The van der Waals surface area contributed by atoms with Gasteiger partial charge in [0.15, 0.2) is 6.61 Å². The largest absolute Gasteiger partial charge is 0.452 e. The smallest absolute Gasteiger partial charge is 0.338 e. The second kappa shape index (κ2) is 9.14. The Bertz CT molecular complexity index is 738. The van der Waals surface area contributed by atoms with Gasteiger partial charge in [0.1, 0.15) is 0 Å². The normalized spacial score (nSPS) is 16.1. The topological polar surface area (TPSA) is 92.8 Å². The second-order valence-corrected chi connectivity index (χ2v) is 8.58. The molecule has 7 nitrogen and oxygen atoms in total. The number of nitrogens with zero attached hydrogens (tertiary/aromatic N) is 1. The summed E-state index contributed by atoms with van der Waals surface area (Å²) in [5.74, 6) is -1.13. The maximum Gasteiger partial charge on any atom is 0.338 e. The van der Waals surface area contributed by atoms with Crippen LogP contribution in [0.1, 0.15) is 49.9 Å². The average molecular weight is 382 g/mol. The molecule has 0 aromatic heterocycles. The van der Waals surface area contributed by atoms with Crippen molar-refractivity contribution in [3.05, 3.63) is 29.8 Å². The predicted octanol–water partition coefficient (Wildman–Crippen LogP) is 1.93. The van der Waals surface area contributed by atoms with Crippen molar-refractivity contribution in [3.8, 4) is 0 Å². The number of hydrogen-bond acceptors (Lipinski definition) is 5. The van der Waals surface area contributed by atoms with Crippen molar-refractivity contribution in [3.63, 3.8) is 0 Å². The Kier molecular flexibility index (Phi) is 7.16. The monoisotopic (exact) mass is 382 g/mol. The first kappa shape index (κ1) is 20.4. The molecule has 0 radical (unpaired) electrons. The highest BCUT2D eigenvalue weighted by Crippen LogP contribution is 2.21. The van der Waals surface area contributed by atoms with E-state index in [0.717, 1.165) is 25.7 Å². The number of amides is 1. The number of benzene rings is 1. The zero-order valence-electron chi connectivity index (χ0n) is 15.2. The van der Waals surface area contributed by atoms with Crippen LogP contribution >= 0.6 is 0 Å². The Labute approximate surface area is 154 Å². The molecule has 1 N–H and O–H groups in total. The summed E-state index contributed by atoms with van der Waals surface area (Å²) < 4.78 is 32.1. The van der Waals surface area contributed by atoms with Crippen molar-refractivity contribution in [2.24, 2.45) is 0 Å². The van der Waals surface area contributed by atoms with Crippen LogP contribution in [-0.2, 0) is 19.6 Å². The molecule has 1 amide bonds. The summed E-state index contributed by atoms with van der Waals surface area (Å²) in [6.45, 7) is 4.19. The van der Waals surface area contributed by atoms with Gasteiger partial charge in [0.25, 0.3) is 5.91 Å². The number of nitrogens with one attached hydrogen (secondary N) is 1. The quantitative estimate of drug-likeness (QED) is 0.759. The molecule has 0 saturated carbocycles. The van der Waals surface area contributed by atoms with E-state index >= 15 is 0 Å². The molecule has 0 atom stereocenters. The molecule has 0 spiro atoms. The van der Waals surface area contributed by atoms with Crippen LogP contribution < -0.4 is 5.32 Å². The second-order valence-electron chi connectivity index (χ2n) is 6.64. The minimum absolute atomic E-state index is 0.0525. The summed E-state index contributed by atoms with van der Waals surface area (Å²) >= 11 is 0. The zero-order chi connectivity index (χ0) is 19.2. The molecule has 1 aliphatic rings. The van der Waals surface area contributed by atoms with E-state index in [1.807, 2.05) is 0 Å². The van der Waals surface area contributed by atoms with E-state index in [4.69, 9.17) is 4.74 Å². The third-order valence-electron chi connectivity index (χ3n) is 4.06. The highest BCUT2D eigenvalue weighted by molar-refractivity contribution is 7.89. The highest BCUT2D eigenvalue weighted by atomic mass is 32.2. The van der Waals surface area contributed by atoms with Crippen molar-refractivity contribution in [2.75, 3.05) is 19.7 Å². The highest BCUT2D eigenvalue weighted by Gasteiger charge is 2.26. The Morgan fingerprint density at radius 2 is 1.81 bits per heavy atom. The number of hydrogen-bond donors (Lipinski definition) is 1. The minimum Gasteiger partial charge on any atom is -0.452 e. The van der Waals surface area contributed by atoms with Crippen LogP contribution in [-0.4, -0.2) is 50.3 Å². The Balaban J connectivity index is 2.08. The fourth-order valence-electron chi connectivity index (χ4n) is 2.79. The van der Waals surface area contributed by atoms with E-state index in [0.29, 0.717) is 13.1 Å². The minimum atomic E-state index is -3.64. The lowest BCUT2D eigenvalue weighted by Crippen LogP contribution is -2.34. The molecule has 0 bridgehead atoms. The Morgan fingerprint density at radius 1 is 1.15 bits per heavy atom. The first-order valence-electron chi connectivity index (χ1n) is 8.87. The van der Waals surface area contributed by atoms with Gasteiger partial charge in [-0.05, 0) is 44.9 Å². The molecular formula is C18H26N2O5S. The molecular weight excluding hydrogens is 356 g/mol. The third-order valence-corrected chi connectivity index (χ3v) is 5.95. The van der Waals surface area contributed by atoms with Crippen molar-refractivity contribution >= 4 is 21.9 Å². The molecule has 144 valence electrons. The van der Waals surface area contributed by atoms with E-state index in [2.05, 4.69) is 5.32 Å². The number of carbonyl (C=O) groups is 2. The van der Waals surface area contributed by atoms with Gasteiger partial charge in [-0.15, -0.1) is 0 Å². The fraction of sp³-hybridized carbons (Fsp3) is 0.556. The van der Waals surface area contributed by atoms with Gasteiger partial charge in [0.05, 0.1) is 10.5 Å². The van der Waals surface area contributed by atoms with Crippen molar-refractivity contribution < 1.29 is 22.7 Å². The Hall–Kier alpha value is -1.93. The average Bonchev–Trinajstić information content (AvgIpc) is 2.89. The molecule has 1 aromatic rings. The summed E-state index contributed by atoms with van der Waals surface area (Å²) in [5.41, 5.74) is 0.109. The van der Waals surface area contributed by atoms with Gasteiger partial charge in [0, 0.05) is 19.1 Å². The number of sulfonamides is 1. The number of carbonyl (C=O) groups excluding carboxylic acids is 2. The summed E-state index contributed by atoms with van der Waals surface area (Å²) in [4.78, 5) is 23.8. The standard InChI is InChI=1S/C18H26N2O5S/c1-14(2)19-17(21)13-25-18(22)15-8-7-9-16(12-15)26(23,24)20-10-5-3-4-6-11-20/h7-9,12,14H,3-6,10-11,13H2,1-2H3,(H,19,21). The van der Waals surface area contributed by atoms with Gasteiger partial charge in [-0.2, -0.15) is 4.31 Å². The van der Waals surface area contributed by atoms with Gasteiger partial charge >= 0.3 is 5.97 Å². The predicted molar refractivity (Wildman–Crippen MR) is 97.2 cm³/mol. The van der Waals surface area contributed by atoms with Crippen LogP contribution in [0.2, 0.25) is 0 Å². The van der Waals surface area contributed by atoms with Crippen molar-refractivity contribution in [1.82, 2.24) is 9.62 Å².